The molecule has 0 radical (unpaired) electrons. The Morgan fingerprint density at radius 2 is 2.00 bits per heavy atom. The third kappa shape index (κ3) is 3.25. The van der Waals surface area contributed by atoms with Gasteiger partial charge in [0.05, 0.1) is 0 Å². The monoisotopic (exact) mass is 280 g/mol. The van der Waals surface area contributed by atoms with E-state index in [0.29, 0.717) is 18.0 Å². The lowest BCUT2D eigenvalue weighted by Crippen LogP contribution is -2.41. The number of rotatable bonds is 3. The van der Waals surface area contributed by atoms with E-state index in [0.717, 1.165) is 17.3 Å². The first-order valence-corrected chi connectivity index (χ1v) is 6.61. The highest BCUT2D eigenvalue weighted by Crippen LogP contribution is 2.21. The van der Waals surface area contributed by atoms with Gasteiger partial charge in [0, 0.05) is 24.5 Å². The first kappa shape index (κ1) is 13.4. The number of anilines is 1. The second-order valence-electron chi connectivity index (χ2n) is 3.92. The Balaban J connectivity index is 2.07. The summed E-state index contributed by atoms with van der Waals surface area (Å²) in [5.41, 5.74) is 1.44. The number of hydrogen-bond acceptors (Lipinski definition) is 4. The van der Waals surface area contributed by atoms with Crippen LogP contribution < -0.4 is 10.2 Å². The van der Waals surface area contributed by atoms with Crippen LogP contribution >= 0.6 is 11.8 Å². The molecule has 0 atom stereocenters. The van der Waals surface area contributed by atoms with E-state index in [9.17, 15) is 14.4 Å². The van der Waals surface area contributed by atoms with Crippen molar-refractivity contribution in [3.63, 3.8) is 0 Å². The molecule has 1 aromatic rings. The predicted octanol–water partition coefficient (Wildman–Crippen LogP) is 1.06. The molecule has 2 rings (SSSR count). The lowest BCUT2D eigenvalue weighted by Gasteiger charge is -2.25. The average Bonchev–Trinajstić information content (AvgIpc) is 2.40. The SMILES string of the molecule is O=C(O)NCc1ccc(N2CCSC(=O)C2=O)cc1. The topological polar surface area (TPSA) is 86.7 Å². The number of carboxylic acid groups (broad SMARTS) is 1. The van der Waals surface area contributed by atoms with Crippen LogP contribution in [0.25, 0.3) is 0 Å². The van der Waals surface area contributed by atoms with Crippen LogP contribution in [0.3, 0.4) is 0 Å². The quantitative estimate of drug-likeness (QED) is 0.808. The minimum atomic E-state index is -1.09. The maximum absolute atomic E-state index is 11.7. The van der Waals surface area contributed by atoms with E-state index >= 15 is 0 Å². The number of benzene rings is 1. The maximum atomic E-state index is 11.7. The summed E-state index contributed by atoms with van der Waals surface area (Å²) in [6.07, 6.45) is -1.09. The number of nitrogens with one attached hydrogen (secondary N) is 1. The van der Waals surface area contributed by atoms with E-state index in [1.807, 2.05) is 0 Å². The standard InChI is InChI=1S/C12H12N2O4S/c15-10-11(16)19-6-5-14(10)9-3-1-8(2-4-9)7-13-12(17)18/h1-4,13H,5-7H2,(H,17,18). The van der Waals surface area contributed by atoms with Crippen LogP contribution in [0.4, 0.5) is 10.5 Å². The average molecular weight is 280 g/mol. The first-order chi connectivity index (χ1) is 9.08. The van der Waals surface area contributed by atoms with Crippen LogP contribution in [0.5, 0.6) is 0 Å². The summed E-state index contributed by atoms with van der Waals surface area (Å²) < 4.78 is 0. The molecule has 19 heavy (non-hydrogen) atoms. The molecule has 0 saturated carbocycles. The van der Waals surface area contributed by atoms with Crippen molar-refractivity contribution in [2.75, 3.05) is 17.2 Å². The van der Waals surface area contributed by atoms with Crippen LogP contribution in [0.2, 0.25) is 0 Å². The highest BCUT2D eigenvalue weighted by Gasteiger charge is 2.27. The fraction of sp³-hybridized carbons (Fsp3) is 0.250. The molecule has 2 N–H and O–H groups in total. The van der Waals surface area contributed by atoms with Gasteiger partial charge in [-0.1, -0.05) is 23.9 Å². The van der Waals surface area contributed by atoms with Gasteiger partial charge in [-0.2, -0.15) is 0 Å². The van der Waals surface area contributed by atoms with Crippen molar-refractivity contribution in [3.8, 4) is 0 Å². The first-order valence-electron chi connectivity index (χ1n) is 5.62. The minimum Gasteiger partial charge on any atom is -0.465 e. The third-order valence-corrected chi connectivity index (χ3v) is 3.48. The Labute approximate surface area is 113 Å². The Morgan fingerprint density at radius 3 is 2.63 bits per heavy atom. The molecule has 100 valence electrons. The summed E-state index contributed by atoms with van der Waals surface area (Å²) in [5, 5.41) is 10.3. The molecule has 1 aliphatic rings. The molecule has 1 aromatic carbocycles. The zero-order valence-corrected chi connectivity index (χ0v) is 10.8. The number of hydrogen-bond donors (Lipinski definition) is 2. The normalized spacial score (nSPS) is 15.5. The molecule has 1 heterocycles. The van der Waals surface area contributed by atoms with Gasteiger partial charge in [-0.05, 0) is 17.7 Å². The number of nitrogens with zero attached hydrogens (tertiary/aromatic N) is 1. The molecule has 1 saturated heterocycles. The van der Waals surface area contributed by atoms with Gasteiger partial charge < -0.3 is 15.3 Å². The Bertz CT molecular complexity index is 515. The zero-order chi connectivity index (χ0) is 13.8. The van der Waals surface area contributed by atoms with Gasteiger partial charge in [-0.15, -0.1) is 0 Å². The number of carbonyl (C=O) groups is 3. The molecule has 1 aliphatic heterocycles. The van der Waals surface area contributed by atoms with E-state index in [1.165, 1.54) is 4.90 Å². The summed E-state index contributed by atoms with van der Waals surface area (Å²) in [6.45, 7) is 0.709. The molecule has 6 nitrogen and oxygen atoms in total. The van der Waals surface area contributed by atoms with Gasteiger partial charge in [0.15, 0.2) is 0 Å². The van der Waals surface area contributed by atoms with Gasteiger partial charge in [-0.3, -0.25) is 9.59 Å². The van der Waals surface area contributed by atoms with Gasteiger partial charge >= 0.3 is 12.0 Å². The van der Waals surface area contributed by atoms with E-state index in [4.69, 9.17) is 5.11 Å². The van der Waals surface area contributed by atoms with E-state index in [1.54, 1.807) is 24.3 Å². The maximum Gasteiger partial charge on any atom is 0.404 e. The van der Waals surface area contributed by atoms with Gasteiger partial charge in [-0.25, -0.2) is 4.79 Å². The van der Waals surface area contributed by atoms with Crippen molar-refractivity contribution < 1.29 is 19.5 Å². The van der Waals surface area contributed by atoms with Crippen molar-refractivity contribution in [1.29, 1.82) is 0 Å². The molecule has 1 fully saturated rings. The van der Waals surface area contributed by atoms with E-state index in [2.05, 4.69) is 5.32 Å². The van der Waals surface area contributed by atoms with Crippen molar-refractivity contribution in [1.82, 2.24) is 5.32 Å². The van der Waals surface area contributed by atoms with Crippen LogP contribution in [-0.4, -0.2) is 34.5 Å². The van der Waals surface area contributed by atoms with Crippen LogP contribution in [0, 0.1) is 0 Å². The lowest BCUT2D eigenvalue weighted by atomic mass is 10.2. The van der Waals surface area contributed by atoms with Crippen molar-refractivity contribution in [2.24, 2.45) is 0 Å². The number of thioether (sulfide) groups is 1. The van der Waals surface area contributed by atoms with Crippen molar-refractivity contribution in [2.45, 2.75) is 6.54 Å². The van der Waals surface area contributed by atoms with E-state index in [-0.39, 0.29) is 6.54 Å². The fourth-order valence-electron chi connectivity index (χ4n) is 1.72. The number of carbonyl (C=O) groups excluding carboxylic acids is 2. The van der Waals surface area contributed by atoms with Crippen molar-refractivity contribution >= 4 is 34.6 Å². The highest BCUT2D eigenvalue weighted by molar-refractivity contribution is 8.15. The summed E-state index contributed by atoms with van der Waals surface area (Å²) >= 11 is 1.03. The Hall–Kier alpha value is -2.02. The molecule has 0 unspecified atom stereocenters. The molecule has 7 heteroatoms. The number of amides is 2. The van der Waals surface area contributed by atoms with Gasteiger partial charge in [0.25, 0.3) is 5.12 Å². The van der Waals surface area contributed by atoms with Crippen LogP contribution in [0.1, 0.15) is 5.56 Å². The molecule has 0 spiro atoms. The Morgan fingerprint density at radius 1 is 1.32 bits per heavy atom. The summed E-state index contributed by atoms with van der Waals surface area (Å²) in [4.78, 5) is 34.8. The lowest BCUT2D eigenvalue weighted by molar-refractivity contribution is -0.131. The summed E-state index contributed by atoms with van der Waals surface area (Å²) in [7, 11) is 0. The predicted molar refractivity (Wildman–Crippen MR) is 71.1 cm³/mol. The molecular formula is C12H12N2O4S. The van der Waals surface area contributed by atoms with Crippen molar-refractivity contribution in [3.05, 3.63) is 29.8 Å². The van der Waals surface area contributed by atoms with Crippen LogP contribution in [0.15, 0.2) is 24.3 Å². The molecular weight excluding hydrogens is 268 g/mol. The Kier molecular flexibility index (Phi) is 4.06. The second kappa shape index (κ2) is 5.75. The van der Waals surface area contributed by atoms with Gasteiger partial charge in [0.2, 0.25) is 0 Å². The highest BCUT2D eigenvalue weighted by atomic mass is 32.2. The summed E-state index contributed by atoms with van der Waals surface area (Å²) in [5.74, 6) is 0.0834. The zero-order valence-electron chi connectivity index (χ0n) is 9.96. The molecule has 0 aliphatic carbocycles. The molecule has 2 amide bonds. The minimum absolute atomic E-state index is 0.207. The van der Waals surface area contributed by atoms with Crippen LogP contribution in [-0.2, 0) is 16.1 Å². The third-order valence-electron chi connectivity index (χ3n) is 2.66. The smallest absolute Gasteiger partial charge is 0.404 e. The van der Waals surface area contributed by atoms with Gasteiger partial charge in [0.1, 0.15) is 0 Å². The largest absolute Gasteiger partial charge is 0.465 e. The second-order valence-corrected chi connectivity index (χ2v) is 4.99. The summed E-state index contributed by atoms with van der Waals surface area (Å²) in [6, 6.07) is 6.87. The van der Waals surface area contributed by atoms with E-state index < -0.39 is 17.1 Å². The molecule has 0 aromatic heterocycles. The molecule has 0 bridgehead atoms. The fourth-order valence-corrected chi connectivity index (χ4v) is 2.41.